The molecule has 21 heavy (non-hydrogen) atoms. The highest BCUT2D eigenvalue weighted by Crippen LogP contribution is 2.28. The van der Waals surface area contributed by atoms with Crippen molar-refractivity contribution in [3.8, 4) is 5.75 Å². The van der Waals surface area contributed by atoms with Gasteiger partial charge in [-0.05, 0) is 56.5 Å². The summed E-state index contributed by atoms with van der Waals surface area (Å²) in [5.74, 6) is 0.746. The van der Waals surface area contributed by atoms with Gasteiger partial charge in [0, 0.05) is 6.42 Å². The number of likely N-dealkylation sites (tertiary alicyclic amines) is 1. The van der Waals surface area contributed by atoms with Crippen molar-refractivity contribution in [3.05, 3.63) is 29.8 Å². The van der Waals surface area contributed by atoms with Gasteiger partial charge in [0.2, 0.25) is 0 Å². The number of hydrogen-bond donors (Lipinski definition) is 1. The molecule has 0 bridgehead atoms. The lowest BCUT2D eigenvalue weighted by atomic mass is 9.87. The minimum Gasteiger partial charge on any atom is -0.497 e. The summed E-state index contributed by atoms with van der Waals surface area (Å²) in [5.41, 5.74) is 0.189. The van der Waals surface area contributed by atoms with Crippen LogP contribution in [0.15, 0.2) is 24.3 Å². The lowest BCUT2D eigenvalue weighted by Gasteiger charge is -2.42. The first-order valence-corrected chi connectivity index (χ1v) is 7.57. The zero-order valence-electron chi connectivity index (χ0n) is 13.1. The Balaban J connectivity index is 2.15. The highest BCUT2D eigenvalue weighted by atomic mass is 16.5. The first-order chi connectivity index (χ1) is 9.95. The van der Waals surface area contributed by atoms with E-state index in [0.29, 0.717) is 12.3 Å². The molecule has 1 atom stereocenters. The summed E-state index contributed by atoms with van der Waals surface area (Å²) in [6, 6.07) is 7.67. The van der Waals surface area contributed by atoms with E-state index in [1.165, 1.54) is 0 Å². The van der Waals surface area contributed by atoms with Gasteiger partial charge >= 0.3 is 5.97 Å². The molecule has 1 saturated heterocycles. The molecule has 1 N–H and O–H groups in total. The van der Waals surface area contributed by atoms with Crippen molar-refractivity contribution in [2.24, 2.45) is 5.92 Å². The van der Waals surface area contributed by atoms with Gasteiger partial charge in [-0.25, -0.2) is 0 Å². The minimum atomic E-state index is -0.839. The van der Waals surface area contributed by atoms with Crippen LogP contribution in [0.4, 0.5) is 0 Å². The molecule has 1 heterocycles. The molecule has 4 heteroatoms. The van der Waals surface area contributed by atoms with Crippen LogP contribution in [0.3, 0.4) is 0 Å². The molecule has 1 fully saturated rings. The summed E-state index contributed by atoms with van der Waals surface area (Å²) in [7, 11) is 1.63. The van der Waals surface area contributed by atoms with E-state index >= 15 is 0 Å². The lowest BCUT2D eigenvalue weighted by molar-refractivity contribution is -0.151. The predicted octanol–water partition coefficient (Wildman–Crippen LogP) is 2.81. The number of ether oxygens (including phenoxy) is 1. The zero-order valence-corrected chi connectivity index (χ0v) is 13.1. The van der Waals surface area contributed by atoms with E-state index < -0.39 is 11.5 Å². The predicted molar refractivity (Wildman–Crippen MR) is 82.7 cm³/mol. The van der Waals surface area contributed by atoms with E-state index in [0.717, 1.165) is 37.2 Å². The van der Waals surface area contributed by atoms with Crippen LogP contribution in [-0.2, 0) is 11.2 Å². The SMILES string of the molecule is COc1ccc(CC(C)(C(=O)O)N2CCC(C)CC2)cc1. The number of methoxy groups -OCH3 is 1. The molecular formula is C17H25NO3. The monoisotopic (exact) mass is 291 g/mol. The van der Waals surface area contributed by atoms with Crippen LogP contribution in [0.5, 0.6) is 5.75 Å². The van der Waals surface area contributed by atoms with Crippen molar-refractivity contribution >= 4 is 5.97 Å². The number of hydrogen-bond acceptors (Lipinski definition) is 3. The number of carboxylic acids is 1. The minimum absolute atomic E-state index is 0.515. The normalized spacial score (nSPS) is 20.0. The summed E-state index contributed by atoms with van der Waals surface area (Å²) < 4.78 is 5.15. The van der Waals surface area contributed by atoms with Crippen molar-refractivity contribution in [3.63, 3.8) is 0 Å². The molecule has 0 radical (unpaired) electrons. The number of aliphatic carboxylic acids is 1. The van der Waals surface area contributed by atoms with Crippen molar-refractivity contribution in [1.29, 1.82) is 0 Å². The number of piperidine rings is 1. The molecule has 0 aromatic heterocycles. The van der Waals surface area contributed by atoms with Crippen molar-refractivity contribution in [2.45, 2.75) is 38.6 Å². The van der Waals surface area contributed by atoms with Crippen LogP contribution >= 0.6 is 0 Å². The maximum absolute atomic E-state index is 11.9. The number of carbonyl (C=O) groups is 1. The third kappa shape index (κ3) is 3.56. The highest BCUT2D eigenvalue weighted by molar-refractivity contribution is 5.78. The summed E-state index contributed by atoms with van der Waals surface area (Å²) in [5, 5.41) is 9.75. The van der Waals surface area contributed by atoms with E-state index in [-0.39, 0.29) is 0 Å². The van der Waals surface area contributed by atoms with Crippen LogP contribution in [0, 0.1) is 5.92 Å². The molecule has 1 aromatic carbocycles. The topological polar surface area (TPSA) is 49.8 Å². The summed E-state index contributed by atoms with van der Waals surface area (Å²) in [6.07, 6.45) is 2.66. The van der Waals surface area contributed by atoms with Gasteiger partial charge in [-0.2, -0.15) is 0 Å². The van der Waals surface area contributed by atoms with Gasteiger partial charge in [0.15, 0.2) is 0 Å². The molecule has 116 valence electrons. The average Bonchev–Trinajstić information content (AvgIpc) is 2.48. The fraction of sp³-hybridized carbons (Fsp3) is 0.588. The molecule has 0 aliphatic carbocycles. The van der Waals surface area contributed by atoms with Crippen LogP contribution in [-0.4, -0.2) is 41.7 Å². The number of rotatable bonds is 5. The van der Waals surface area contributed by atoms with Gasteiger partial charge in [0.05, 0.1) is 7.11 Å². The molecule has 2 rings (SSSR count). The average molecular weight is 291 g/mol. The number of benzene rings is 1. The Hall–Kier alpha value is -1.55. The zero-order chi connectivity index (χ0) is 15.5. The highest BCUT2D eigenvalue weighted by Gasteiger charge is 2.40. The van der Waals surface area contributed by atoms with Crippen molar-refractivity contribution in [1.82, 2.24) is 4.90 Å². The van der Waals surface area contributed by atoms with Gasteiger partial charge in [0.25, 0.3) is 0 Å². The second-order valence-electron chi connectivity index (χ2n) is 6.27. The third-order valence-corrected chi connectivity index (χ3v) is 4.65. The van der Waals surface area contributed by atoms with Gasteiger partial charge in [-0.1, -0.05) is 19.1 Å². The molecule has 1 aliphatic heterocycles. The molecule has 0 amide bonds. The Morgan fingerprint density at radius 1 is 1.33 bits per heavy atom. The van der Waals surface area contributed by atoms with Crippen molar-refractivity contribution in [2.75, 3.05) is 20.2 Å². The smallest absolute Gasteiger partial charge is 0.324 e. The first-order valence-electron chi connectivity index (χ1n) is 7.57. The molecule has 0 saturated carbocycles. The Morgan fingerprint density at radius 3 is 2.38 bits per heavy atom. The van der Waals surface area contributed by atoms with Crippen LogP contribution in [0.1, 0.15) is 32.3 Å². The third-order valence-electron chi connectivity index (χ3n) is 4.65. The van der Waals surface area contributed by atoms with E-state index in [2.05, 4.69) is 11.8 Å². The molecule has 4 nitrogen and oxygen atoms in total. The number of carboxylic acid groups (broad SMARTS) is 1. The van der Waals surface area contributed by atoms with Gasteiger partial charge < -0.3 is 9.84 Å². The fourth-order valence-electron chi connectivity index (χ4n) is 2.97. The van der Waals surface area contributed by atoms with Crippen molar-refractivity contribution < 1.29 is 14.6 Å². The van der Waals surface area contributed by atoms with E-state index in [4.69, 9.17) is 4.74 Å². The second kappa shape index (κ2) is 6.48. The molecule has 1 unspecified atom stereocenters. The maximum atomic E-state index is 11.9. The maximum Gasteiger partial charge on any atom is 0.324 e. The Kier molecular flexibility index (Phi) is 4.88. The second-order valence-corrected chi connectivity index (χ2v) is 6.27. The van der Waals surface area contributed by atoms with E-state index in [9.17, 15) is 9.90 Å². The lowest BCUT2D eigenvalue weighted by Crippen LogP contribution is -2.56. The summed E-state index contributed by atoms with van der Waals surface area (Å²) >= 11 is 0. The molecule has 1 aliphatic rings. The first kappa shape index (κ1) is 15.8. The fourth-order valence-corrected chi connectivity index (χ4v) is 2.97. The Morgan fingerprint density at radius 2 is 1.90 bits per heavy atom. The van der Waals surface area contributed by atoms with Gasteiger partial charge in [-0.3, -0.25) is 9.69 Å². The molecular weight excluding hydrogens is 266 g/mol. The Bertz CT molecular complexity index is 477. The Labute approximate surface area is 126 Å². The molecule has 1 aromatic rings. The van der Waals surface area contributed by atoms with Gasteiger partial charge in [0.1, 0.15) is 11.3 Å². The largest absolute Gasteiger partial charge is 0.497 e. The summed E-state index contributed by atoms with van der Waals surface area (Å²) in [6.45, 7) is 5.80. The summed E-state index contributed by atoms with van der Waals surface area (Å²) in [4.78, 5) is 14.0. The number of nitrogens with zero attached hydrogens (tertiary/aromatic N) is 1. The molecule has 0 spiro atoms. The van der Waals surface area contributed by atoms with E-state index in [1.54, 1.807) is 7.11 Å². The quantitative estimate of drug-likeness (QED) is 0.906. The van der Waals surface area contributed by atoms with Crippen LogP contribution in [0.2, 0.25) is 0 Å². The van der Waals surface area contributed by atoms with Crippen LogP contribution in [0.25, 0.3) is 0 Å². The van der Waals surface area contributed by atoms with Crippen LogP contribution < -0.4 is 4.74 Å². The van der Waals surface area contributed by atoms with Gasteiger partial charge in [-0.15, -0.1) is 0 Å². The standard InChI is InChI=1S/C17H25NO3/c1-13-8-10-18(11-9-13)17(2,16(19)20)12-14-4-6-15(21-3)7-5-14/h4-7,13H,8-12H2,1-3H3,(H,19,20). The van der Waals surface area contributed by atoms with E-state index in [1.807, 2.05) is 31.2 Å².